The van der Waals surface area contributed by atoms with Crippen LogP contribution in [0.15, 0.2) is 24.3 Å². The van der Waals surface area contributed by atoms with Crippen molar-refractivity contribution < 1.29 is 19.4 Å². The molecule has 1 N–H and O–H groups in total. The molecule has 0 unspecified atom stereocenters. The summed E-state index contributed by atoms with van der Waals surface area (Å²) in [5.74, 6) is -0.908. The first-order valence-electron chi connectivity index (χ1n) is 9.74. The third-order valence-corrected chi connectivity index (χ3v) is 4.71. The fourth-order valence-electron chi connectivity index (χ4n) is 3.34. The van der Waals surface area contributed by atoms with Crippen LogP contribution < -0.4 is 0 Å². The predicted molar refractivity (Wildman–Crippen MR) is 105 cm³/mol. The van der Waals surface area contributed by atoms with Crippen LogP contribution in [0, 0.1) is 0 Å². The van der Waals surface area contributed by atoms with Crippen molar-refractivity contribution in [2.75, 3.05) is 19.6 Å². The van der Waals surface area contributed by atoms with E-state index in [0.29, 0.717) is 25.2 Å². The molecule has 0 aliphatic carbocycles. The number of carbonyl (C=O) groups excluding carboxylic acids is 1. The summed E-state index contributed by atoms with van der Waals surface area (Å²) >= 11 is 0. The number of benzene rings is 1. The second kappa shape index (κ2) is 9.22. The van der Waals surface area contributed by atoms with Crippen LogP contribution in [0.5, 0.6) is 0 Å². The largest absolute Gasteiger partial charge is 0.478 e. The fourth-order valence-corrected chi connectivity index (χ4v) is 3.34. The van der Waals surface area contributed by atoms with E-state index in [4.69, 9.17) is 4.74 Å². The van der Waals surface area contributed by atoms with E-state index in [9.17, 15) is 14.7 Å². The van der Waals surface area contributed by atoms with Gasteiger partial charge in [0.2, 0.25) is 0 Å². The predicted octanol–water partition coefficient (Wildman–Crippen LogP) is 4.00. The summed E-state index contributed by atoms with van der Waals surface area (Å²) < 4.78 is 5.53. The topological polar surface area (TPSA) is 70.1 Å². The van der Waals surface area contributed by atoms with Crippen molar-refractivity contribution in [3.63, 3.8) is 0 Å². The number of carboxylic acids is 1. The average molecular weight is 376 g/mol. The van der Waals surface area contributed by atoms with Gasteiger partial charge in [0, 0.05) is 32.2 Å². The molecule has 0 aromatic heterocycles. The maximum Gasteiger partial charge on any atom is 0.410 e. The van der Waals surface area contributed by atoms with Gasteiger partial charge in [0.15, 0.2) is 0 Å². The van der Waals surface area contributed by atoms with Crippen LogP contribution in [-0.4, -0.2) is 58.2 Å². The number of rotatable bonds is 6. The van der Waals surface area contributed by atoms with Gasteiger partial charge < -0.3 is 14.7 Å². The molecule has 0 spiro atoms. The van der Waals surface area contributed by atoms with Gasteiger partial charge in [0.25, 0.3) is 0 Å². The molecule has 1 fully saturated rings. The van der Waals surface area contributed by atoms with Gasteiger partial charge in [-0.2, -0.15) is 0 Å². The third kappa shape index (κ3) is 6.54. The van der Waals surface area contributed by atoms with E-state index < -0.39 is 11.6 Å². The molecule has 2 rings (SSSR count). The number of hydrogen-bond acceptors (Lipinski definition) is 4. The van der Waals surface area contributed by atoms with E-state index >= 15 is 0 Å². The van der Waals surface area contributed by atoms with Crippen molar-refractivity contribution in [3.05, 3.63) is 35.4 Å². The van der Waals surface area contributed by atoms with E-state index in [1.54, 1.807) is 23.1 Å². The maximum absolute atomic E-state index is 12.4. The molecule has 1 aromatic rings. The van der Waals surface area contributed by atoms with Gasteiger partial charge >= 0.3 is 12.1 Å². The molecular weight excluding hydrogens is 344 g/mol. The van der Waals surface area contributed by atoms with Crippen molar-refractivity contribution in [3.8, 4) is 0 Å². The molecule has 1 aliphatic rings. The molecule has 1 saturated heterocycles. The van der Waals surface area contributed by atoms with E-state index in [2.05, 4.69) is 11.8 Å². The summed E-state index contributed by atoms with van der Waals surface area (Å²) in [5.41, 5.74) is 0.803. The molecule has 150 valence electrons. The van der Waals surface area contributed by atoms with Crippen molar-refractivity contribution in [2.45, 2.75) is 65.1 Å². The van der Waals surface area contributed by atoms with Crippen LogP contribution in [0.2, 0.25) is 0 Å². The number of carbonyl (C=O) groups is 2. The first-order valence-corrected chi connectivity index (χ1v) is 9.74. The van der Waals surface area contributed by atoms with Crippen LogP contribution >= 0.6 is 0 Å². The summed E-state index contributed by atoms with van der Waals surface area (Å²) in [6.45, 7) is 10.5. The Balaban J connectivity index is 2.07. The first-order chi connectivity index (χ1) is 12.7. The first kappa shape index (κ1) is 21.2. The van der Waals surface area contributed by atoms with Crippen LogP contribution in [-0.2, 0) is 11.3 Å². The SMILES string of the molecule is CCCC[C@@H]1CN(C(=O)OC(C)(C)C)CCN1Cc1cccc(C(=O)O)c1. The molecule has 27 heavy (non-hydrogen) atoms. The lowest BCUT2D eigenvalue weighted by Gasteiger charge is -2.42. The molecule has 1 atom stereocenters. The summed E-state index contributed by atoms with van der Waals surface area (Å²) in [4.78, 5) is 27.8. The molecule has 1 aliphatic heterocycles. The van der Waals surface area contributed by atoms with Gasteiger partial charge in [-0.1, -0.05) is 31.9 Å². The molecule has 0 saturated carbocycles. The van der Waals surface area contributed by atoms with Crippen molar-refractivity contribution in [1.29, 1.82) is 0 Å². The molecule has 1 heterocycles. The number of aromatic carboxylic acids is 1. The lowest BCUT2D eigenvalue weighted by atomic mass is 10.0. The lowest BCUT2D eigenvalue weighted by molar-refractivity contribution is 0.00100. The van der Waals surface area contributed by atoms with Gasteiger partial charge in [-0.05, 0) is 44.9 Å². The van der Waals surface area contributed by atoms with Gasteiger partial charge in [-0.25, -0.2) is 9.59 Å². The van der Waals surface area contributed by atoms with Crippen LogP contribution in [0.4, 0.5) is 4.79 Å². The fraction of sp³-hybridized carbons (Fsp3) is 0.619. The minimum Gasteiger partial charge on any atom is -0.478 e. The zero-order valence-corrected chi connectivity index (χ0v) is 16.9. The smallest absolute Gasteiger partial charge is 0.410 e. The molecule has 6 nitrogen and oxygen atoms in total. The minimum absolute atomic E-state index is 0.250. The van der Waals surface area contributed by atoms with Crippen LogP contribution in [0.1, 0.15) is 62.9 Å². The monoisotopic (exact) mass is 376 g/mol. The number of piperazine rings is 1. The van der Waals surface area contributed by atoms with Crippen LogP contribution in [0.3, 0.4) is 0 Å². The Morgan fingerprint density at radius 2 is 2.00 bits per heavy atom. The Morgan fingerprint density at radius 1 is 1.26 bits per heavy atom. The Hall–Kier alpha value is -2.08. The number of hydrogen-bond donors (Lipinski definition) is 1. The summed E-state index contributed by atoms with van der Waals surface area (Å²) in [6.07, 6.45) is 2.95. The zero-order valence-electron chi connectivity index (χ0n) is 16.9. The second-order valence-corrected chi connectivity index (χ2v) is 8.20. The molecule has 1 amide bonds. The number of nitrogens with zero attached hydrogens (tertiary/aromatic N) is 2. The molecular formula is C21H32N2O4. The number of unbranched alkanes of at least 4 members (excludes halogenated alkanes) is 1. The zero-order chi connectivity index (χ0) is 20.0. The van der Waals surface area contributed by atoms with Gasteiger partial charge in [-0.3, -0.25) is 4.90 Å². The van der Waals surface area contributed by atoms with Crippen LogP contribution in [0.25, 0.3) is 0 Å². The van der Waals surface area contributed by atoms with Crippen molar-refractivity contribution >= 4 is 12.1 Å². The standard InChI is InChI=1S/C21H32N2O4/c1-5-6-10-18-15-23(20(26)27-21(2,3)4)12-11-22(18)14-16-8-7-9-17(13-16)19(24)25/h7-9,13,18H,5-6,10-12,14-15H2,1-4H3,(H,24,25)/t18-/m1/s1. The highest BCUT2D eigenvalue weighted by molar-refractivity contribution is 5.87. The van der Waals surface area contributed by atoms with Crippen molar-refractivity contribution in [2.24, 2.45) is 0 Å². The summed E-state index contributed by atoms with van der Waals surface area (Å²) in [6, 6.07) is 7.35. The molecule has 6 heteroatoms. The summed E-state index contributed by atoms with van der Waals surface area (Å²) in [7, 11) is 0. The highest BCUT2D eigenvalue weighted by Gasteiger charge is 2.31. The second-order valence-electron chi connectivity index (χ2n) is 8.20. The normalized spacial score (nSPS) is 18.4. The number of ether oxygens (including phenoxy) is 1. The Morgan fingerprint density at radius 3 is 2.63 bits per heavy atom. The van der Waals surface area contributed by atoms with E-state index in [1.165, 1.54) is 0 Å². The number of carboxylic acid groups (broad SMARTS) is 1. The Bertz CT molecular complexity index is 654. The Kier molecular flexibility index (Phi) is 7.25. The van der Waals surface area contributed by atoms with Gasteiger partial charge in [-0.15, -0.1) is 0 Å². The molecule has 1 aromatic carbocycles. The maximum atomic E-state index is 12.4. The third-order valence-electron chi connectivity index (χ3n) is 4.71. The van der Waals surface area contributed by atoms with E-state index in [-0.39, 0.29) is 12.1 Å². The van der Waals surface area contributed by atoms with E-state index in [0.717, 1.165) is 31.4 Å². The van der Waals surface area contributed by atoms with Gasteiger partial charge in [0.1, 0.15) is 5.60 Å². The number of amides is 1. The lowest BCUT2D eigenvalue weighted by Crippen LogP contribution is -2.55. The quantitative estimate of drug-likeness (QED) is 0.813. The van der Waals surface area contributed by atoms with E-state index in [1.807, 2.05) is 26.8 Å². The average Bonchev–Trinajstić information content (AvgIpc) is 2.59. The summed E-state index contributed by atoms with van der Waals surface area (Å²) in [5, 5.41) is 9.20. The molecule has 0 radical (unpaired) electrons. The Labute approximate surface area is 162 Å². The highest BCUT2D eigenvalue weighted by atomic mass is 16.6. The van der Waals surface area contributed by atoms with Crippen molar-refractivity contribution in [1.82, 2.24) is 9.80 Å². The minimum atomic E-state index is -0.908. The van der Waals surface area contributed by atoms with Gasteiger partial charge in [0.05, 0.1) is 5.56 Å². The highest BCUT2D eigenvalue weighted by Crippen LogP contribution is 2.21. The molecule has 0 bridgehead atoms.